The van der Waals surface area contributed by atoms with Crippen LogP contribution in [0.2, 0.25) is 10.1 Å². The zero-order chi connectivity index (χ0) is 18.6. The van der Waals surface area contributed by atoms with Crippen LogP contribution < -0.4 is 0 Å². The quantitative estimate of drug-likeness (QED) is 0.475. The van der Waals surface area contributed by atoms with E-state index in [0.29, 0.717) is 0 Å². The first-order chi connectivity index (χ1) is 11.1. The summed E-state index contributed by atoms with van der Waals surface area (Å²) in [6.45, 7) is 17.4. The molecule has 0 radical (unpaired) electrons. The maximum absolute atomic E-state index is 12.2. The molecule has 4 nitrogen and oxygen atoms in total. The van der Waals surface area contributed by atoms with Gasteiger partial charge in [-0.25, -0.2) is 9.59 Å². The molecule has 0 aliphatic heterocycles. The van der Waals surface area contributed by atoms with Crippen LogP contribution in [0.5, 0.6) is 0 Å². The number of carbonyl (C=O) groups excluding carboxylic acids is 2. The van der Waals surface area contributed by atoms with E-state index >= 15 is 0 Å². The molecule has 5 heteroatoms. The largest absolute Gasteiger partial charge is 0.481 e. The van der Waals surface area contributed by atoms with E-state index in [-0.39, 0.29) is 11.0 Å². The van der Waals surface area contributed by atoms with Crippen LogP contribution in [0.4, 0.5) is 0 Å². The van der Waals surface area contributed by atoms with Crippen LogP contribution in [0.3, 0.4) is 0 Å². The Labute approximate surface area is 147 Å². The summed E-state index contributed by atoms with van der Waals surface area (Å²) in [5, 5.41) is -0.771. The summed E-state index contributed by atoms with van der Waals surface area (Å²) in [6, 6.07) is 0. The minimum Gasteiger partial charge on any atom is -0.481 e. The Morgan fingerprint density at radius 3 is 1.79 bits per heavy atom. The predicted octanol–water partition coefficient (Wildman–Crippen LogP) is 5.05. The molecule has 0 spiro atoms. The molecule has 0 unspecified atom stereocenters. The lowest BCUT2D eigenvalue weighted by atomic mass is 9.89. The van der Waals surface area contributed by atoms with Crippen LogP contribution in [0.25, 0.3) is 0 Å². The van der Waals surface area contributed by atoms with Gasteiger partial charge in [0.15, 0.2) is 0 Å². The lowest BCUT2D eigenvalue weighted by molar-refractivity contribution is -0.138. The van der Waals surface area contributed by atoms with Crippen molar-refractivity contribution in [2.45, 2.75) is 76.8 Å². The van der Waals surface area contributed by atoms with E-state index in [4.69, 9.17) is 8.85 Å². The second kappa shape index (κ2) is 7.68. The van der Waals surface area contributed by atoms with Crippen LogP contribution in [0.15, 0.2) is 25.3 Å². The highest BCUT2D eigenvalue weighted by Crippen LogP contribution is 2.62. The molecule has 0 N–H and O–H groups in total. The Morgan fingerprint density at radius 1 is 1.04 bits per heavy atom. The molecule has 1 rings (SSSR count). The number of hydrogen-bond donors (Lipinski definition) is 0. The first kappa shape index (κ1) is 20.7. The molecule has 0 bridgehead atoms. The van der Waals surface area contributed by atoms with Crippen molar-refractivity contribution in [3.63, 3.8) is 0 Å². The van der Waals surface area contributed by atoms with Gasteiger partial charge in [-0.3, -0.25) is 0 Å². The summed E-state index contributed by atoms with van der Waals surface area (Å²) in [5.41, 5.74) is 0. The van der Waals surface area contributed by atoms with Gasteiger partial charge in [0.1, 0.15) is 0 Å². The fourth-order valence-corrected chi connectivity index (χ4v) is 8.84. The molecule has 1 aliphatic rings. The third-order valence-electron chi connectivity index (χ3n) is 5.87. The number of hydrogen-bond acceptors (Lipinski definition) is 4. The first-order valence-electron chi connectivity index (χ1n) is 8.77. The average molecular weight is 353 g/mol. The van der Waals surface area contributed by atoms with Crippen LogP contribution in [-0.2, 0) is 18.4 Å². The van der Waals surface area contributed by atoms with E-state index in [9.17, 15) is 9.59 Å². The van der Waals surface area contributed by atoms with Gasteiger partial charge in [-0.1, -0.05) is 67.0 Å². The molecular weight excluding hydrogens is 320 g/mol. The Hall–Kier alpha value is -1.36. The molecule has 0 saturated heterocycles. The molecule has 0 heterocycles. The molecule has 0 aromatic rings. The highest BCUT2D eigenvalue weighted by Gasteiger charge is 2.69. The van der Waals surface area contributed by atoms with Crippen molar-refractivity contribution in [1.82, 2.24) is 0 Å². The molecule has 24 heavy (non-hydrogen) atoms. The molecule has 0 aromatic heterocycles. The fourth-order valence-electron chi connectivity index (χ4n) is 3.72. The maximum Gasteiger partial charge on any atom is 0.477 e. The summed E-state index contributed by atoms with van der Waals surface area (Å²) in [6.07, 6.45) is 7.37. The van der Waals surface area contributed by atoms with Crippen molar-refractivity contribution in [3.05, 3.63) is 25.3 Å². The third-order valence-corrected chi connectivity index (χ3v) is 11.2. The first-order valence-corrected chi connectivity index (χ1v) is 10.6. The van der Waals surface area contributed by atoms with Crippen molar-refractivity contribution in [1.29, 1.82) is 0 Å². The molecule has 1 fully saturated rings. The van der Waals surface area contributed by atoms with Crippen molar-refractivity contribution in [3.8, 4) is 0 Å². The Bertz CT molecular complexity index is 479. The van der Waals surface area contributed by atoms with E-state index in [1.54, 1.807) is 0 Å². The van der Waals surface area contributed by atoms with Crippen LogP contribution in [-0.4, -0.2) is 20.5 Å². The smallest absolute Gasteiger partial charge is 0.477 e. The average Bonchev–Trinajstić information content (AvgIpc) is 2.53. The van der Waals surface area contributed by atoms with Gasteiger partial charge < -0.3 is 8.85 Å². The van der Waals surface area contributed by atoms with Gasteiger partial charge in [-0.2, -0.15) is 0 Å². The lowest BCUT2D eigenvalue weighted by Crippen LogP contribution is -2.63. The minimum absolute atomic E-state index is 0.179. The van der Waals surface area contributed by atoms with Crippen LogP contribution >= 0.6 is 0 Å². The Morgan fingerprint density at radius 2 is 1.46 bits per heavy atom. The summed E-state index contributed by atoms with van der Waals surface area (Å²) in [7, 11) is -3.32. The molecule has 0 atom stereocenters. The van der Waals surface area contributed by atoms with Crippen molar-refractivity contribution in [2.24, 2.45) is 5.92 Å². The molecule has 0 amide bonds. The van der Waals surface area contributed by atoms with Gasteiger partial charge >= 0.3 is 20.5 Å². The van der Waals surface area contributed by atoms with Crippen molar-refractivity contribution in [2.75, 3.05) is 0 Å². The number of rotatable bonds is 7. The van der Waals surface area contributed by atoms with Gasteiger partial charge in [-0.15, -0.1) is 0 Å². The van der Waals surface area contributed by atoms with Gasteiger partial charge in [0.2, 0.25) is 0 Å². The SMILES string of the molecule is C=CC(=O)O[Si](OC(=O)C=C)(C1(C)CCCCC1)C(C)(C)C(C)C. The van der Waals surface area contributed by atoms with Gasteiger partial charge in [0.25, 0.3) is 0 Å². The standard InChI is InChI=1S/C19H32O4Si/c1-8-16(20)22-24(23-17(21)9-2,18(5,6)15(3)4)19(7)13-11-10-12-14-19/h8-9,15H,1-2,10-14H2,3-7H3. The zero-order valence-corrected chi connectivity index (χ0v) is 16.8. The zero-order valence-electron chi connectivity index (χ0n) is 15.8. The highest BCUT2D eigenvalue weighted by molar-refractivity contribution is 6.76. The summed E-state index contributed by atoms with van der Waals surface area (Å²) in [5.74, 6) is -0.851. The fraction of sp³-hybridized carbons (Fsp3) is 0.684. The van der Waals surface area contributed by atoms with Crippen molar-refractivity contribution >= 4 is 20.5 Å². The van der Waals surface area contributed by atoms with Crippen LogP contribution in [0.1, 0.15) is 66.7 Å². The molecule has 136 valence electrons. The van der Waals surface area contributed by atoms with Gasteiger partial charge in [-0.05, 0) is 18.8 Å². The summed E-state index contributed by atoms with van der Waals surface area (Å²) >= 11 is 0. The van der Waals surface area contributed by atoms with Gasteiger partial charge in [0.05, 0.1) is 0 Å². The lowest BCUT2D eigenvalue weighted by Gasteiger charge is -2.53. The third kappa shape index (κ3) is 3.66. The van der Waals surface area contributed by atoms with Gasteiger partial charge in [0, 0.05) is 22.2 Å². The normalized spacial score (nSPS) is 17.9. The minimum atomic E-state index is -3.32. The van der Waals surface area contributed by atoms with E-state index in [2.05, 4.69) is 47.8 Å². The summed E-state index contributed by atoms with van der Waals surface area (Å²) < 4.78 is 12.0. The monoisotopic (exact) mass is 352 g/mol. The predicted molar refractivity (Wildman–Crippen MR) is 98.7 cm³/mol. The van der Waals surface area contributed by atoms with Crippen molar-refractivity contribution < 1.29 is 18.4 Å². The van der Waals surface area contributed by atoms with Crippen LogP contribution in [0, 0.1) is 5.92 Å². The number of carbonyl (C=O) groups is 2. The van der Waals surface area contributed by atoms with E-state index in [1.807, 2.05) is 0 Å². The van der Waals surface area contributed by atoms with E-state index in [0.717, 1.165) is 44.3 Å². The summed E-state index contributed by atoms with van der Waals surface area (Å²) in [4.78, 5) is 24.5. The Kier molecular flexibility index (Phi) is 6.62. The second-order valence-electron chi connectivity index (χ2n) is 7.86. The topological polar surface area (TPSA) is 52.6 Å². The molecule has 0 aromatic carbocycles. The highest BCUT2D eigenvalue weighted by atomic mass is 28.4. The van der Waals surface area contributed by atoms with E-state index in [1.165, 1.54) is 0 Å². The maximum atomic E-state index is 12.2. The molecular formula is C19H32O4Si. The van der Waals surface area contributed by atoms with E-state index < -0.39 is 25.5 Å². The molecule has 1 aliphatic carbocycles. The Balaban J connectivity index is 3.57. The second-order valence-corrected chi connectivity index (χ2v) is 12.0. The molecule has 1 saturated carbocycles.